The van der Waals surface area contributed by atoms with E-state index in [0.717, 1.165) is 17.1 Å². The van der Waals surface area contributed by atoms with E-state index in [0.29, 0.717) is 21.3 Å². The van der Waals surface area contributed by atoms with E-state index in [1.165, 1.54) is 0 Å². The molecule has 0 radical (unpaired) electrons. The lowest BCUT2D eigenvalue weighted by atomic mass is 10.1. The highest BCUT2D eigenvalue weighted by molar-refractivity contribution is 7.09. The SMILES string of the molecule is CC(C)OC(=O)c1snc(-c2ccc(Cl)cc2)c1N. The van der Waals surface area contributed by atoms with Crippen molar-refractivity contribution in [3.63, 3.8) is 0 Å². The van der Waals surface area contributed by atoms with E-state index in [4.69, 9.17) is 22.1 Å². The van der Waals surface area contributed by atoms with Crippen LogP contribution in [0.5, 0.6) is 0 Å². The smallest absolute Gasteiger partial charge is 0.352 e. The van der Waals surface area contributed by atoms with Crippen LogP contribution in [0.15, 0.2) is 24.3 Å². The molecule has 2 N–H and O–H groups in total. The van der Waals surface area contributed by atoms with E-state index in [9.17, 15) is 4.79 Å². The molecule has 0 aliphatic rings. The second-order valence-corrected chi connectivity index (χ2v) is 5.44. The van der Waals surface area contributed by atoms with Crippen LogP contribution in [0.3, 0.4) is 0 Å². The molecule has 6 heteroatoms. The van der Waals surface area contributed by atoms with Gasteiger partial charge in [-0.2, -0.15) is 4.37 Å². The summed E-state index contributed by atoms with van der Waals surface area (Å²) in [5.74, 6) is -0.440. The molecule has 0 aliphatic heterocycles. The van der Waals surface area contributed by atoms with Crippen LogP contribution in [0, 0.1) is 0 Å². The molecule has 19 heavy (non-hydrogen) atoms. The van der Waals surface area contributed by atoms with Gasteiger partial charge in [-0.3, -0.25) is 0 Å². The quantitative estimate of drug-likeness (QED) is 0.879. The Morgan fingerprint density at radius 3 is 2.58 bits per heavy atom. The number of nitrogen functional groups attached to an aromatic ring is 1. The van der Waals surface area contributed by atoms with Crippen molar-refractivity contribution in [3.05, 3.63) is 34.2 Å². The van der Waals surface area contributed by atoms with Crippen LogP contribution in [-0.4, -0.2) is 16.4 Å². The van der Waals surface area contributed by atoms with Crippen molar-refractivity contribution >= 4 is 34.8 Å². The summed E-state index contributed by atoms with van der Waals surface area (Å²) in [7, 11) is 0. The molecule has 0 atom stereocenters. The number of nitrogens with zero attached hydrogens (tertiary/aromatic N) is 1. The Bertz CT molecular complexity index is 593. The first-order valence-corrected chi connectivity index (χ1v) is 6.86. The van der Waals surface area contributed by atoms with Gasteiger partial charge in [-0.1, -0.05) is 23.7 Å². The van der Waals surface area contributed by atoms with Crippen LogP contribution in [-0.2, 0) is 4.74 Å². The highest BCUT2D eigenvalue weighted by Crippen LogP contribution is 2.31. The standard InChI is InChI=1S/C13H13ClN2O2S/c1-7(2)18-13(17)12-10(15)11(16-19-12)8-3-5-9(14)6-4-8/h3-7H,15H2,1-2H3. The van der Waals surface area contributed by atoms with Gasteiger partial charge in [0.05, 0.1) is 11.8 Å². The summed E-state index contributed by atoms with van der Waals surface area (Å²) in [6.07, 6.45) is -0.187. The van der Waals surface area contributed by atoms with Crippen molar-refractivity contribution in [3.8, 4) is 11.3 Å². The maximum absolute atomic E-state index is 11.8. The van der Waals surface area contributed by atoms with Gasteiger partial charge in [0.25, 0.3) is 0 Å². The van der Waals surface area contributed by atoms with Crippen LogP contribution in [0.2, 0.25) is 5.02 Å². The van der Waals surface area contributed by atoms with Gasteiger partial charge in [0.15, 0.2) is 4.88 Å². The molecule has 4 nitrogen and oxygen atoms in total. The third-order valence-electron chi connectivity index (χ3n) is 2.37. The fourth-order valence-electron chi connectivity index (χ4n) is 1.53. The summed E-state index contributed by atoms with van der Waals surface area (Å²) in [4.78, 5) is 12.2. The van der Waals surface area contributed by atoms with Crippen molar-refractivity contribution in [1.29, 1.82) is 0 Å². The number of ether oxygens (including phenoxy) is 1. The first-order valence-electron chi connectivity index (χ1n) is 5.71. The van der Waals surface area contributed by atoms with Gasteiger partial charge < -0.3 is 10.5 Å². The zero-order valence-corrected chi connectivity index (χ0v) is 12.1. The molecule has 1 aromatic heterocycles. The summed E-state index contributed by atoms with van der Waals surface area (Å²) < 4.78 is 9.33. The first kappa shape index (κ1) is 13.8. The maximum atomic E-state index is 11.8. The Morgan fingerprint density at radius 1 is 1.37 bits per heavy atom. The Morgan fingerprint density at radius 2 is 2.00 bits per heavy atom. The Kier molecular flexibility index (Phi) is 4.07. The molecule has 2 rings (SSSR count). The van der Waals surface area contributed by atoms with Gasteiger partial charge in [-0.15, -0.1) is 0 Å². The minimum atomic E-state index is -0.440. The van der Waals surface area contributed by atoms with Gasteiger partial charge in [0, 0.05) is 10.6 Å². The van der Waals surface area contributed by atoms with Crippen LogP contribution < -0.4 is 5.73 Å². The van der Waals surface area contributed by atoms with Gasteiger partial charge >= 0.3 is 5.97 Å². The number of halogens is 1. The highest BCUT2D eigenvalue weighted by Gasteiger charge is 2.20. The van der Waals surface area contributed by atoms with E-state index < -0.39 is 5.97 Å². The molecular formula is C13H13ClN2O2S. The molecule has 0 unspecified atom stereocenters. The lowest BCUT2D eigenvalue weighted by Gasteiger charge is -2.06. The van der Waals surface area contributed by atoms with Gasteiger partial charge in [0.2, 0.25) is 0 Å². The van der Waals surface area contributed by atoms with Crippen molar-refractivity contribution in [1.82, 2.24) is 4.37 Å². The van der Waals surface area contributed by atoms with Crippen molar-refractivity contribution < 1.29 is 9.53 Å². The van der Waals surface area contributed by atoms with Gasteiger partial charge in [-0.05, 0) is 37.5 Å². The average Bonchev–Trinajstić information content (AvgIpc) is 2.71. The van der Waals surface area contributed by atoms with Gasteiger partial charge in [0.1, 0.15) is 5.69 Å². The second kappa shape index (κ2) is 5.59. The number of hydrogen-bond donors (Lipinski definition) is 1. The molecule has 0 saturated carbocycles. The molecule has 0 saturated heterocycles. The minimum absolute atomic E-state index is 0.187. The summed E-state index contributed by atoms with van der Waals surface area (Å²) in [5.41, 5.74) is 7.71. The van der Waals surface area contributed by atoms with E-state index >= 15 is 0 Å². The van der Waals surface area contributed by atoms with E-state index in [1.807, 2.05) is 12.1 Å². The predicted molar refractivity (Wildman–Crippen MR) is 77.5 cm³/mol. The summed E-state index contributed by atoms with van der Waals surface area (Å²) in [5, 5.41) is 0.636. The molecule has 0 amide bonds. The lowest BCUT2D eigenvalue weighted by Crippen LogP contribution is -2.11. The zero-order valence-electron chi connectivity index (χ0n) is 10.5. The molecule has 1 heterocycles. The number of aromatic nitrogens is 1. The summed E-state index contributed by atoms with van der Waals surface area (Å²) in [6, 6.07) is 7.13. The Labute approximate surface area is 120 Å². The topological polar surface area (TPSA) is 65.2 Å². The minimum Gasteiger partial charge on any atom is -0.459 e. The third-order valence-corrected chi connectivity index (χ3v) is 3.47. The fourth-order valence-corrected chi connectivity index (χ4v) is 2.36. The molecule has 1 aromatic carbocycles. The largest absolute Gasteiger partial charge is 0.459 e. The van der Waals surface area contributed by atoms with Crippen molar-refractivity contribution in [2.45, 2.75) is 20.0 Å². The molecule has 100 valence electrons. The van der Waals surface area contributed by atoms with Gasteiger partial charge in [-0.25, -0.2) is 4.79 Å². The maximum Gasteiger partial charge on any atom is 0.352 e. The van der Waals surface area contributed by atoms with E-state index in [-0.39, 0.29) is 6.10 Å². The highest BCUT2D eigenvalue weighted by atomic mass is 35.5. The lowest BCUT2D eigenvalue weighted by molar-refractivity contribution is 0.0385. The number of esters is 1. The number of nitrogens with two attached hydrogens (primary N) is 1. The van der Waals surface area contributed by atoms with E-state index in [1.54, 1.807) is 26.0 Å². The average molecular weight is 297 g/mol. The summed E-state index contributed by atoms with van der Waals surface area (Å²) >= 11 is 6.87. The zero-order chi connectivity index (χ0) is 14.0. The predicted octanol–water partition coefficient (Wildman–Crippen LogP) is 3.61. The van der Waals surface area contributed by atoms with Crippen LogP contribution in [0.25, 0.3) is 11.3 Å². The molecular weight excluding hydrogens is 284 g/mol. The first-order chi connectivity index (χ1) is 8.99. The van der Waals surface area contributed by atoms with Crippen LogP contribution in [0.1, 0.15) is 23.5 Å². The van der Waals surface area contributed by atoms with Crippen LogP contribution in [0.4, 0.5) is 5.69 Å². The number of hydrogen-bond acceptors (Lipinski definition) is 5. The van der Waals surface area contributed by atoms with E-state index in [2.05, 4.69) is 4.37 Å². The molecule has 0 bridgehead atoms. The molecule has 0 fully saturated rings. The van der Waals surface area contributed by atoms with Crippen LogP contribution >= 0.6 is 23.1 Å². The number of carbonyl (C=O) groups is 1. The summed E-state index contributed by atoms with van der Waals surface area (Å²) in [6.45, 7) is 3.57. The monoisotopic (exact) mass is 296 g/mol. The third kappa shape index (κ3) is 3.05. The number of benzene rings is 1. The molecule has 2 aromatic rings. The number of carbonyl (C=O) groups excluding carboxylic acids is 1. The molecule has 0 spiro atoms. The number of rotatable bonds is 3. The Hall–Kier alpha value is -1.59. The Balaban J connectivity index is 2.32. The van der Waals surface area contributed by atoms with Crippen molar-refractivity contribution in [2.75, 3.05) is 5.73 Å². The second-order valence-electron chi connectivity index (χ2n) is 4.23. The fraction of sp³-hybridized carbons (Fsp3) is 0.231. The number of anilines is 1. The normalized spacial score (nSPS) is 10.7. The van der Waals surface area contributed by atoms with Crippen molar-refractivity contribution in [2.24, 2.45) is 0 Å². The molecule has 0 aliphatic carbocycles.